The van der Waals surface area contributed by atoms with Crippen LogP contribution >= 0.6 is 11.6 Å². The molecule has 0 radical (unpaired) electrons. The van der Waals surface area contributed by atoms with E-state index in [1.807, 2.05) is 13.0 Å². The smallest absolute Gasteiger partial charge is 0.267 e. The molecule has 0 atom stereocenters. The van der Waals surface area contributed by atoms with Crippen LogP contribution in [0.3, 0.4) is 0 Å². The van der Waals surface area contributed by atoms with Gasteiger partial charge in [0.2, 0.25) is 0 Å². The Morgan fingerprint density at radius 3 is 2.95 bits per heavy atom. The predicted molar refractivity (Wildman–Crippen MR) is 78.4 cm³/mol. The third-order valence-corrected chi connectivity index (χ3v) is 2.74. The number of aryl methyl sites for hydroxylation is 1. The number of anilines is 1. The van der Waals surface area contributed by atoms with Crippen LogP contribution in [-0.4, -0.2) is 26.2 Å². The summed E-state index contributed by atoms with van der Waals surface area (Å²) in [6.45, 7) is 2.86. The molecule has 6 heteroatoms. The number of nitrogens with one attached hydrogen (secondary N) is 2. The van der Waals surface area contributed by atoms with Gasteiger partial charge in [0.05, 0.1) is 6.61 Å². The summed E-state index contributed by atoms with van der Waals surface area (Å²) in [7, 11) is 1.57. The van der Waals surface area contributed by atoms with E-state index in [2.05, 4.69) is 10.6 Å². The monoisotopic (exact) mass is 293 g/mol. The Balaban J connectivity index is 2.73. The van der Waals surface area contributed by atoms with Crippen molar-refractivity contribution in [2.45, 2.75) is 6.92 Å². The Morgan fingerprint density at radius 2 is 2.30 bits per heavy atom. The van der Waals surface area contributed by atoms with Crippen molar-refractivity contribution in [1.29, 1.82) is 5.26 Å². The molecule has 0 heterocycles. The maximum Gasteiger partial charge on any atom is 0.267 e. The fraction of sp³-hybridized carbons (Fsp3) is 0.286. The molecule has 20 heavy (non-hydrogen) atoms. The Kier molecular flexibility index (Phi) is 6.57. The van der Waals surface area contributed by atoms with Gasteiger partial charge in [0.1, 0.15) is 11.6 Å². The molecule has 0 aromatic heterocycles. The minimum atomic E-state index is -0.484. The van der Waals surface area contributed by atoms with Gasteiger partial charge in [-0.3, -0.25) is 4.79 Å². The quantitative estimate of drug-likeness (QED) is 0.479. The Labute approximate surface area is 123 Å². The second kappa shape index (κ2) is 8.20. The van der Waals surface area contributed by atoms with Gasteiger partial charge in [-0.05, 0) is 24.6 Å². The number of benzene rings is 1. The number of rotatable bonds is 6. The van der Waals surface area contributed by atoms with Crippen molar-refractivity contribution in [3.05, 3.63) is 40.6 Å². The number of amides is 1. The van der Waals surface area contributed by atoms with Gasteiger partial charge in [-0.1, -0.05) is 17.7 Å². The summed E-state index contributed by atoms with van der Waals surface area (Å²) in [4.78, 5) is 12.0. The van der Waals surface area contributed by atoms with Crippen LogP contribution in [0.1, 0.15) is 5.56 Å². The van der Waals surface area contributed by atoms with Gasteiger partial charge >= 0.3 is 0 Å². The number of carbonyl (C=O) groups is 1. The third-order valence-electron chi connectivity index (χ3n) is 2.51. The van der Waals surface area contributed by atoms with Crippen molar-refractivity contribution in [2.24, 2.45) is 0 Å². The first-order chi connectivity index (χ1) is 9.58. The van der Waals surface area contributed by atoms with Crippen LogP contribution in [0.25, 0.3) is 0 Å². The number of nitriles is 1. The largest absolute Gasteiger partial charge is 0.387 e. The molecule has 1 aromatic carbocycles. The lowest BCUT2D eigenvalue weighted by atomic mass is 10.2. The molecule has 0 saturated carbocycles. The van der Waals surface area contributed by atoms with Gasteiger partial charge in [-0.2, -0.15) is 5.26 Å². The number of hydrogen-bond donors (Lipinski definition) is 2. The fourth-order valence-electron chi connectivity index (χ4n) is 1.40. The number of halogens is 1. The summed E-state index contributed by atoms with van der Waals surface area (Å²) in [5.41, 5.74) is 1.44. The van der Waals surface area contributed by atoms with Gasteiger partial charge in [0.25, 0.3) is 5.91 Å². The van der Waals surface area contributed by atoms with Crippen molar-refractivity contribution in [3.63, 3.8) is 0 Å². The molecule has 1 aromatic rings. The molecule has 0 unspecified atom stereocenters. The third kappa shape index (κ3) is 4.92. The summed E-state index contributed by atoms with van der Waals surface area (Å²) in [5, 5.41) is 15.0. The van der Waals surface area contributed by atoms with Crippen LogP contribution in [0, 0.1) is 18.3 Å². The van der Waals surface area contributed by atoms with Gasteiger partial charge in [-0.25, -0.2) is 0 Å². The van der Waals surface area contributed by atoms with E-state index in [9.17, 15) is 4.79 Å². The molecule has 5 nitrogen and oxygen atoms in total. The van der Waals surface area contributed by atoms with Crippen molar-refractivity contribution in [1.82, 2.24) is 5.32 Å². The van der Waals surface area contributed by atoms with E-state index in [0.717, 1.165) is 5.56 Å². The van der Waals surface area contributed by atoms with E-state index < -0.39 is 5.91 Å². The minimum Gasteiger partial charge on any atom is -0.387 e. The van der Waals surface area contributed by atoms with Crippen LogP contribution in [0.15, 0.2) is 30.0 Å². The van der Waals surface area contributed by atoms with Gasteiger partial charge in [0, 0.05) is 30.6 Å². The lowest BCUT2D eigenvalue weighted by molar-refractivity contribution is -0.112. The summed E-state index contributed by atoms with van der Waals surface area (Å²) in [5.74, 6) is -0.484. The van der Waals surface area contributed by atoms with Crippen LogP contribution in [0.5, 0.6) is 0 Å². The van der Waals surface area contributed by atoms with E-state index in [1.165, 1.54) is 6.20 Å². The van der Waals surface area contributed by atoms with Crippen LogP contribution in [0.2, 0.25) is 5.02 Å². The molecule has 0 aliphatic carbocycles. The summed E-state index contributed by atoms with van der Waals surface area (Å²) in [6, 6.07) is 7.02. The Hall–Kier alpha value is -2.03. The maximum atomic E-state index is 12.0. The van der Waals surface area contributed by atoms with Crippen LogP contribution < -0.4 is 10.6 Å². The number of ether oxygens (including phenoxy) is 1. The van der Waals surface area contributed by atoms with E-state index in [0.29, 0.717) is 23.9 Å². The molecule has 0 aliphatic heterocycles. The van der Waals surface area contributed by atoms with Gasteiger partial charge < -0.3 is 15.4 Å². The van der Waals surface area contributed by atoms with Crippen molar-refractivity contribution >= 4 is 23.2 Å². The SMILES string of the molecule is COCCN/C=C(/C#N)C(=O)Nc1cc(Cl)ccc1C. The average molecular weight is 294 g/mol. The van der Waals surface area contributed by atoms with Crippen LogP contribution in [-0.2, 0) is 9.53 Å². The molecule has 1 rings (SSSR count). The summed E-state index contributed by atoms with van der Waals surface area (Å²) >= 11 is 5.87. The standard InChI is InChI=1S/C14H16ClN3O2/c1-10-3-4-12(15)7-13(10)18-14(19)11(8-16)9-17-5-6-20-2/h3-4,7,9,17H,5-6H2,1-2H3,(H,18,19)/b11-9-. The van der Waals surface area contributed by atoms with Crippen molar-refractivity contribution in [3.8, 4) is 6.07 Å². The van der Waals surface area contributed by atoms with E-state index >= 15 is 0 Å². The zero-order chi connectivity index (χ0) is 15.0. The van der Waals surface area contributed by atoms with E-state index in [1.54, 1.807) is 25.3 Å². The predicted octanol–water partition coefficient (Wildman–Crippen LogP) is 2.23. The topological polar surface area (TPSA) is 74.1 Å². The molecule has 1 amide bonds. The molecule has 0 saturated heterocycles. The maximum absolute atomic E-state index is 12.0. The average Bonchev–Trinajstić information content (AvgIpc) is 2.43. The Bertz CT molecular complexity index is 550. The highest BCUT2D eigenvalue weighted by Crippen LogP contribution is 2.20. The van der Waals surface area contributed by atoms with Crippen LogP contribution in [0.4, 0.5) is 5.69 Å². The number of hydrogen-bond acceptors (Lipinski definition) is 4. The van der Waals surface area contributed by atoms with E-state index in [4.69, 9.17) is 21.6 Å². The summed E-state index contributed by atoms with van der Waals surface area (Å²) < 4.78 is 4.85. The molecular formula is C14H16ClN3O2. The zero-order valence-electron chi connectivity index (χ0n) is 11.4. The molecule has 2 N–H and O–H groups in total. The zero-order valence-corrected chi connectivity index (χ0v) is 12.1. The molecular weight excluding hydrogens is 278 g/mol. The Morgan fingerprint density at radius 1 is 1.55 bits per heavy atom. The highest BCUT2D eigenvalue weighted by Gasteiger charge is 2.10. The highest BCUT2D eigenvalue weighted by molar-refractivity contribution is 6.31. The van der Waals surface area contributed by atoms with Gasteiger partial charge in [0.15, 0.2) is 0 Å². The van der Waals surface area contributed by atoms with Crippen molar-refractivity contribution < 1.29 is 9.53 Å². The molecule has 0 bridgehead atoms. The van der Waals surface area contributed by atoms with Crippen molar-refractivity contribution in [2.75, 3.05) is 25.6 Å². The highest BCUT2D eigenvalue weighted by atomic mass is 35.5. The minimum absolute atomic E-state index is 0.0134. The first-order valence-corrected chi connectivity index (χ1v) is 6.36. The molecule has 106 valence electrons. The summed E-state index contributed by atoms with van der Waals surface area (Å²) in [6.07, 6.45) is 1.37. The number of carbonyl (C=O) groups excluding carboxylic acids is 1. The van der Waals surface area contributed by atoms with E-state index in [-0.39, 0.29) is 5.57 Å². The first-order valence-electron chi connectivity index (χ1n) is 5.98. The fourth-order valence-corrected chi connectivity index (χ4v) is 1.57. The second-order valence-corrected chi connectivity index (χ2v) is 4.47. The molecule has 0 fully saturated rings. The molecule has 0 spiro atoms. The normalized spacial score (nSPS) is 10.8. The second-order valence-electron chi connectivity index (χ2n) is 4.03. The first kappa shape index (κ1) is 16.0. The van der Waals surface area contributed by atoms with Gasteiger partial charge in [-0.15, -0.1) is 0 Å². The number of methoxy groups -OCH3 is 1. The number of nitrogens with zero attached hydrogens (tertiary/aromatic N) is 1. The lowest BCUT2D eigenvalue weighted by Crippen LogP contribution is -2.19. The lowest BCUT2D eigenvalue weighted by Gasteiger charge is -2.08. The molecule has 0 aliphatic rings.